The number of phenols is 1. The van der Waals surface area contributed by atoms with Crippen LogP contribution < -0.4 is 5.32 Å². The summed E-state index contributed by atoms with van der Waals surface area (Å²) >= 11 is 1.08. The molecule has 0 radical (unpaired) electrons. The van der Waals surface area contributed by atoms with Crippen molar-refractivity contribution in [1.29, 1.82) is 0 Å². The molecule has 0 aliphatic heterocycles. The molecule has 0 aliphatic rings. The highest BCUT2D eigenvalue weighted by molar-refractivity contribution is 7.99. The van der Waals surface area contributed by atoms with Crippen LogP contribution in [0.1, 0.15) is 17.3 Å². The van der Waals surface area contributed by atoms with E-state index in [9.17, 15) is 14.7 Å². The van der Waals surface area contributed by atoms with E-state index in [4.69, 9.17) is 4.42 Å². The van der Waals surface area contributed by atoms with E-state index in [0.29, 0.717) is 16.8 Å². The van der Waals surface area contributed by atoms with E-state index in [1.165, 1.54) is 6.92 Å². The Labute approximate surface area is 176 Å². The Morgan fingerprint density at radius 2 is 1.80 bits per heavy atom. The summed E-state index contributed by atoms with van der Waals surface area (Å²) in [6, 6.07) is 17.8. The Morgan fingerprint density at radius 1 is 1.03 bits per heavy atom. The molecule has 0 spiro atoms. The third-order valence-corrected chi connectivity index (χ3v) is 5.20. The van der Waals surface area contributed by atoms with Crippen LogP contribution in [0.2, 0.25) is 0 Å². The number of Topliss-reactive ketones (excluding diaryl/α,β-unsaturated/α-hetero) is 1. The Bertz CT molecular complexity index is 1250. The number of anilines is 1. The molecule has 0 fully saturated rings. The maximum atomic E-state index is 12.2. The number of nitrogens with one attached hydrogen (secondary N) is 1. The number of amides is 1. The Hall–Kier alpha value is -3.65. The van der Waals surface area contributed by atoms with E-state index < -0.39 is 0 Å². The Kier molecular flexibility index (Phi) is 5.49. The van der Waals surface area contributed by atoms with Gasteiger partial charge in [0.15, 0.2) is 5.78 Å². The van der Waals surface area contributed by atoms with Crippen molar-refractivity contribution in [2.75, 3.05) is 11.1 Å². The van der Waals surface area contributed by atoms with Gasteiger partial charge in [0.1, 0.15) is 5.75 Å². The fraction of sp³-hybridized carbons (Fsp3) is 0.0909. The van der Waals surface area contributed by atoms with Crippen molar-refractivity contribution in [3.8, 4) is 17.2 Å². The Balaban J connectivity index is 1.43. The van der Waals surface area contributed by atoms with Crippen LogP contribution in [0.5, 0.6) is 5.75 Å². The van der Waals surface area contributed by atoms with E-state index in [1.54, 1.807) is 36.4 Å². The first-order chi connectivity index (χ1) is 14.5. The third-order valence-electron chi connectivity index (χ3n) is 4.38. The molecule has 0 unspecified atom stereocenters. The number of carbonyl (C=O) groups excluding carboxylic acids is 2. The van der Waals surface area contributed by atoms with Crippen molar-refractivity contribution in [2.24, 2.45) is 0 Å². The quantitative estimate of drug-likeness (QED) is 0.349. The lowest BCUT2D eigenvalue weighted by atomic mass is 10.1. The molecule has 30 heavy (non-hydrogen) atoms. The molecule has 1 amide bonds. The highest BCUT2D eigenvalue weighted by atomic mass is 32.2. The summed E-state index contributed by atoms with van der Waals surface area (Å²) in [7, 11) is 0. The van der Waals surface area contributed by atoms with Crippen molar-refractivity contribution in [3.05, 3.63) is 66.2 Å². The fourth-order valence-corrected chi connectivity index (χ4v) is 3.48. The van der Waals surface area contributed by atoms with Crippen LogP contribution in [0.25, 0.3) is 22.2 Å². The molecule has 1 aromatic heterocycles. The van der Waals surface area contributed by atoms with E-state index in [-0.39, 0.29) is 34.3 Å². The van der Waals surface area contributed by atoms with Gasteiger partial charge in [-0.2, -0.15) is 0 Å². The average Bonchev–Trinajstić information content (AvgIpc) is 3.21. The lowest BCUT2D eigenvalue weighted by Gasteiger charge is -2.05. The summed E-state index contributed by atoms with van der Waals surface area (Å²) in [4.78, 5) is 23.6. The van der Waals surface area contributed by atoms with Gasteiger partial charge in [-0.25, -0.2) is 0 Å². The summed E-state index contributed by atoms with van der Waals surface area (Å²) < 4.78 is 5.61. The maximum absolute atomic E-state index is 12.2. The molecule has 1 heterocycles. The maximum Gasteiger partial charge on any atom is 0.277 e. The zero-order chi connectivity index (χ0) is 21.1. The SMILES string of the molecule is CC(=O)c1cccc(NC(=O)CSc2nnc(-c3cc4ccccc4cc3O)o2)c1. The first-order valence-electron chi connectivity index (χ1n) is 9.09. The minimum Gasteiger partial charge on any atom is -0.507 e. The van der Waals surface area contributed by atoms with Crippen molar-refractivity contribution in [3.63, 3.8) is 0 Å². The summed E-state index contributed by atoms with van der Waals surface area (Å²) in [6.07, 6.45) is 0. The molecule has 0 bridgehead atoms. The number of hydrogen-bond acceptors (Lipinski definition) is 7. The second-order valence-corrected chi connectivity index (χ2v) is 7.49. The Morgan fingerprint density at radius 3 is 2.57 bits per heavy atom. The lowest BCUT2D eigenvalue weighted by molar-refractivity contribution is -0.113. The molecule has 150 valence electrons. The first kappa shape index (κ1) is 19.7. The second kappa shape index (κ2) is 8.38. The average molecular weight is 419 g/mol. The van der Waals surface area contributed by atoms with Crippen molar-refractivity contribution < 1.29 is 19.1 Å². The van der Waals surface area contributed by atoms with Gasteiger partial charge in [-0.15, -0.1) is 10.2 Å². The predicted molar refractivity (Wildman–Crippen MR) is 115 cm³/mol. The number of ketones is 1. The molecular formula is C22H17N3O4S. The molecule has 0 saturated heterocycles. The molecule has 0 aliphatic carbocycles. The highest BCUT2D eigenvalue weighted by Crippen LogP contribution is 2.33. The molecule has 0 saturated carbocycles. The van der Waals surface area contributed by atoms with Crippen LogP contribution in [0.3, 0.4) is 0 Å². The molecule has 4 aromatic rings. The number of aromatic nitrogens is 2. The summed E-state index contributed by atoms with van der Waals surface area (Å²) in [5, 5.41) is 23.0. The number of hydrogen-bond donors (Lipinski definition) is 2. The van der Waals surface area contributed by atoms with Gasteiger partial charge in [0.05, 0.1) is 11.3 Å². The molecule has 8 heteroatoms. The van der Waals surface area contributed by atoms with Crippen molar-refractivity contribution >= 4 is 39.9 Å². The van der Waals surface area contributed by atoms with E-state index in [2.05, 4.69) is 15.5 Å². The number of benzene rings is 3. The number of rotatable bonds is 6. The number of thioether (sulfide) groups is 1. The minimum atomic E-state index is -0.269. The van der Waals surface area contributed by atoms with E-state index in [0.717, 1.165) is 22.5 Å². The molecule has 7 nitrogen and oxygen atoms in total. The van der Waals surface area contributed by atoms with Gasteiger partial charge in [-0.1, -0.05) is 48.2 Å². The second-order valence-electron chi connectivity index (χ2n) is 6.56. The van der Waals surface area contributed by atoms with Crippen LogP contribution in [-0.4, -0.2) is 32.7 Å². The molecule has 4 rings (SSSR count). The summed E-state index contributed by atoms with van der Waals surface area (Å²) in [6.45, 7) is 1.47. The first-order valence-corrected chi connectivity index (χ1v) is 10.1. The molecule has 2 N–H and O–H groups in total. The van der Waals surface area contributed by atoms with Gasteiger partial charge < -0.3 is 14.8 Å². The normalized spacial score (nSPS) is 10.8. The zero-order valence-electron chi connectivity index (χ0n) is 16.0. The molecular weight excluding hydrogens is 402 g/mol. The number of nitrogens with zero attached hydrogens (tertiary/aromatic N) is 2. The van der Waals surface area contributed by atoms with Gasteiger partial charge >= 0.3 is 0 Å². The number of phenolic OH excluding ortho intramolecular Hbond substituents is 1. The smallest absolute Gasteiger partial charge is 0.277 e. The minimum absolute atomic E-state index is 0.0389. The van der Waals surface area contributed by atoms with Crippen molar-refractivity contribution in [2.45, 2.75) is 12.1 Å². The van der Waals surface area contributed by atoms with Gasteiger partial charge in [0, 0.05) is 11.3 Å². The number of fused-ring (bicyclic) bond motifs is 1. The largest absolute Gasteiger partial charge is 0.507 e. The van der Waals surface area contributed by atoms with E-state index in [1.807, 2.05) is 24.3 Å². The van der Waals surface area contributed by atoms with Gasteiger partial charge in [-0.05, 0) is 42.0 Å². The zero-order valence-corrected chi connectivity index (χ0v) is 16.8. The summed E-state index contributed by atoms with van der Waals surface area (Å²) in [5.74, 6) is -0.0764. The predicted octanol–water partition coefficient (Wildman–Crippen LogP) is 4.53. The van der Waals surface area contributed by atoms with Gasteiger partial charge in [-0.3, -0.25) is 9.59 Å². The topological polar surface area (TPSA) is 105 Å². The van der Waals surface area contributed by atoms with Gasteiger partial charge in [0.25, 0.3) is 11.1 Å². The van der Waals surface area contributed by atoms with Crippen LogP contribution in [0.15, 0.2) is 70.3 Å². The number of aromatic hydroxyl groups is 1. The van der Waals surface area contributed by atoms with Crippen LogP contribution >= 0.6 is 11.8 Å². The van der Waals surface area contributed by atoms with E-state index >= 15 is 0 Å². The standard InChI is InChI=1S/C22H17N3O4S/c1-13(26)14-7-4-8-17(9-14)23-20(28)12-30-22-25-24-21(29-22)18-10-15-5-2-3-6-16(15)11-19(18)27/h2-11,27H,12H2,1H3,(H,23,28). The van der Waals surface area contributed by atoms with Gasteiger partial charge in [0.2, 0.25) is 5.91 Å². The molecule has 3 aromatic carbocycles. The van der Waals surface area contributed by atoms with Crippen LogP contribution in [0, 0.1) is 0 Å². The highest BCUT2D eigenvalue weighted by Gasteiger charge is 2.15. The lowest BCUT2D eigenvalue weighted by Crippen LogP contribution is -2.14. The third kappa shape index (κ3) is 4.33. The van der Waals surface area contributed by atoms with Crippen LogP contribution in [0.4, 0.5) is 5.69 Å². The van der Waals surface area contributed by atoms with Crippen LogP contribution in [-0.2, 0) is 4.79 Å². The summed E-state index contributed by atoms with van der Waals surface area (Å²) in [5.41, 5.74) is 1.50. The monoisotopic (exact) mass is 419 g/mol. The number of carbonyl (C=O) groups is 2. The van der Waals surface area contributed by atoms with Crippen molar-refractivity contribution in [1.82, 2.24) is 10.2 Å². The molecule has 0 atom stereocenters. The fourth-order valence-electron chi connectivity index (χ4n) is 2.92.